The van der Waals surface area contributed by atoms with Crippen LogP contribution in [0.25, 0.3) is 0 Å². The van der Waals surface area contributed by atoms with Gasteiger partial charge in [-0.3, -0.25) is 10.1 Å². The Morgan fingerprint density at radius 3 is 2.38 bits per heavy atom. The van der Waals surface area contributed by atoms with Crippen LogP contribution in [0.3, 0.4) is 0 Å². The fraction of sp³-hybridized carbons (Fsp3) is 0.294. The van der Waals surface area contributed by atoms with Crippen LogP contribution in [0.4, 0.5) is 5.69 Å². The Bertz CT molecular complexity index is 911. The van der Waals surface area contributed by atoms with Crippen molar-refractivity contribution in [2.75, 3.05) is 20.8 Å². The van der Waals surface area contributed by atoms with Crippen molar-refractivity contribution < 1.29 is 22.8 Å². The molecule has 2 aromatic carbocycles. The van der Waals surface area contributed by atoms with Crippen LogP contribution in [0.2, 0.25) is 0 Å². The first kappa shape index (κ1) is 19.7. The van der Waals surface area contributed by atoms with E-state index in [1.54, 1.807) is 19.1 Å². The number of non-ortho nitro benzene ring substituents is 1. The van der Waals surface area contributed by atoms with Crippen LogP contribution in [0.5, 0.6) is 11.5 Å². The molecule has 2 aromatic rings. The zero-order valence-corrected chi connectivity index (χ0v) is 15.5. The Morgan fingerprint density at radius 1 is 1.08 bits per heavy atom. The summed E-state index contributed by atoms with van der Waals surface area (Å²) in [4.78, 5) is 10.2. The fourth-order valence-electron chi connectivity index (χ4n) is 2.44. The summed E-state index contributed by atoms with van der Waals surface area (Å²) in [6.45, 7) is 1.73. The molecule has 0 aromatic heterocycles. The maximum absolute atomic E-state index is 12.5. The highest BCUT2D eigenvalue weighted by molar-refractivity contribution is 7.89. The maximum atomic E-state index is 12.5. The second-order valence-electron chi connectivity index (χ2n) is 5.54. The fourth-order valence-corrected chi connectivity index (χ4v) is 3.73. The number of hydrogen-bond donors (Lipinski definition) is 1. The van der Waals surface area contributed by atoms with Crippen molar-refractivity contribution in [3.63, 3.8) is 0 Å². The van der Waals surface area contributed by atoms with Gasteiger partial charge in [0.2, 0.25) is 10.0 Å². The van der Waals surface area contributed by atoms with Crippen molar-refractivity contribution in [2.24, 2.45) is 0 Å². The first-order chi connectivity index (χ1) is 12.3. The predicted octanol–water partition coefficient (Wildman–Crippen LogP) is 2.44. The number of ether oxygens (including phenoxy) is 2. The summed E-state index contributed by atoms with van der Waals surface area (Å²) < 4.78 is 37.8. The Balaban J connectivity index is 2.12. The molecule has 0 atom stereocenters. The number of rotatable bonds is 8. The van der Waals surface area contributed by atoms with Gasteiger partial charge in [-0.15, -0.1) is 0 Å². The Morgan fingerprint density at radius 2 is 1.77 bits per heavy atom. The summed E-state index contributed by atoms with van der Waals surface area (Å²) in [5, 5.41) is 10.9. The van der Waals surface area contributed by atoms with Crippen LogP contribution in [0.15, 0.2) is 41.3 Å². The summed E-state index contributed by atoms with van der Waals surface area (Å²) in [5.41, 5.74) is 1.03. The number of nitro groups is 1. The third-order valence-corrected chi connectivity index (χ3v) is 5.43. The highest BCUT2D eigenvalue weighted by Gasteiger charge is 2.20. The Hall–Kier alpha value is -2.65. The van der Waals surface area contributed by atoms with E-state index in [-0.39, 0.29) is 17.1 Å². The van der Waals surface area contributed by atoms with Gasteiger partial charge in [-0.05, 0) is 36.6 Å². The third kappa shape index (κ3) is 4.50. The predicted molar refractivity (Wildman–Crippen MR) is 96.3 cm³/mol. The van der Waals surface area contributed by atoms with Crippen LogP contribution in [0, 0.1) is 17.0 Å². The first-order valence-corrected chi connectivity index (χ1v) is 9.22. The van der Waals surface area contributed by atoms with Gasteiger partial charge in [-0.2, -0.15) is 0 Å². The Kier molecular flexibility index (Phi) is 6.17. The lowest BCUT2D eigenvalue weighted by atomic mass is 10.1. The lowest BCUT2D eigenvalue weighted by molar-refractivity contribution is -0.385. The quantitative estimate of drug-likeness (QED) is 0.557. The van der Waals surface area contributed by atoms with Gasteiger partial charge in [0.25, 0.3) is 5.69 Å². The molecule has 0 unspecified atom stereocenters. The average Bonchev–Trinajstić information content (AvgIpc) is 2.61. The minimum Gasteiger partial charge on any atom is -0.493 e. The smallest absolute Gasteiger partial charge is 0.270 e. The van der Waals surface area contributed by atoms with Crippen LogP contribution in [0.1, 0.15) is 11.1 Å². The largest absolute Gasteiger partial charge is 0.493 e. The van der Waals surface area contributed by atoms with Gasteiger partial charge in [-0.1, -0.05) is 12.1 Å². The van der Waals surface area contributed by atoms with Gasteiger partial charge in [0.15, 0.2) is 11.5 Å². The van der Waals surface area contributed by atoms with Crippen LogP contribution >= 0.6 is 0 Å². The van der Waals surface area contributed by atoms with E-state index in [1.807, 2.05) is 6.07 Å². The topological polar surface area (TPSA) is 108 Å². The second-order valence-corrected chi connectivity index (χ2v) is 7.28. The van der Waals surface area contributed by atoms with E-state index in [0.29, 0.717) is 23.5 Å². The molecule has 1 N–H and O–H groups in total. The highest BCUT2D eigenvalue weighted by atomic mass is 32.2. The summed E-state index contributed by atoms with van der Waals surface area (Å²) in [6, 6.07) is 9.08. The van der Waals surface area contributed by atoms with Crippen molar-refractivity contribution in [2.45, 2.75) is 18.2 Å². The molecular formula is C17H20N2O6S. The van der Waals surface area contributed by atoms with Gasteiger partial charge in [0, 0.05) is 18.7 Å². The Labute approximate surface area is 152 Å². The van der Waals surface area contributed by atoms with E-state index in [9.17, 15) is 18.5 Å². The number of nitrogens with one attached hydrogen (secondary N) is 1. The lowest BCUT2D eigenvalue weighted by Gasteiger charge is -2.11. The normalized spacial score (nSPS) is 11.2. The van der Waals surface area contributed by atoms with Crippen molar-refractivity contribution in [1.82, 2.24) is 4.72 Å². The number of aryl methyl sites for hydroxylation is 1. The molecule has 8 nitrogen and oxygen atoms in total. The number of sulfonamides is 1. The standard InChI is InChI=1S/C17H20N2O6S/c1-12-4-6-14(19(20)21)11-17(12)26(22,23)18-9-8-13-5-7-15(24-2)16(10-13)25-3/h4-7,10-11,18H,8-9H2,1-3H3. The van der Waals surface area contributed by atoms with Crippen molar-refractivity contribution in [1.29, 1.82) is 0 Å². The monoisotopic (exact) mass is 380 g/mol. The molecule has 9 heteroatoms. The molecule has 0 saturated carbocycles. The van der Waals surface area contributed by atoms with E-state index < -0.39 is 14.9 Å². The molecule has 140 valence electrons. The summed E-state index contributed by atoms with van der Waals surface area (Å²) >= 11 is 0. The van der Waals surface area contributed by atoms with Gasteiger partial charge < -0.3 is 9.47 Å². The molecule has 0 amide bonds. The third-order valence-electron chi connectivity index (χ3n) is 3.83. The maximum Gasteiger partial charge on any atom is 0.270 e. The molecule has 0 aliphatic rings. The average molecular weight is 380 g/mol. The number of nitrogens with zero attached hydrogens (tertiary/aromatic N) is 1. The van der Waals surface area contributed by atoms with Crippen LogP contribution < -0.4 is 14.2 Å². The molecule has 2 rings (SSSR count). The molecule has 0 saturated heterocycles. The number of methoxy groups -OCH3 is 2. The summed E-state index contributed by atoms with van der Waals surface area (Å²) in [5.74, 6) is 1.14. The van der Waals surface area contributed by atoms with E-state index in [1.165, 1.54) is 26.4 Å². The molecule has 0 aliphatic heterocycles. The first-order valence-electron chi connectivity index (χ1n) is 7.74. The van der Waals surface area contributed by atoms with Crippen molar-refractivity contribution >= 4 is 15.7 Å². The number of nitro benzene ring substituents is 1. The summed E-state index contributed by atoms with van der Waals surface area (Å²) in [7, 11) is -0.798. The second kappa shape index (κ2) is 8.15. The van der Waals surface area contributed by atoms with Gasteiger partial charge in [0.05, 0.1) is 24.0 Å². The van der Waals surface area contributed by atoms with Gasteiger partial charge >= 0.3 is 0 Å². The molecule has 26 heavy (non-hydrogen) atoms. The summed E-state index contributed by atoms with van der Waals surface area (Å²) in [6.07, 6.45) is 0.424. The van der Waals surface area contributed by atoms with E-state index >= 15 is 0 Å². The van der Waals surface area contributed by atoms with E-state index in [2.05, 4.69) is 4.72 Å². The van der Waals surface area contributed by atoms with Gasteiger partial charge in [-0.25, -0.2) is 13.1 Å². The molecule has 0 spiro atoms. The van der Waals surface area contributed by atoms with Crippen LogP contribution in [-0.4, -0.2) is 34.1 Å². The minimum atomic E-state index is -3.86. The zero-order chi connectivity index (χ0) is 19.3. The zero-order valence-electron chi connectivity index (χ0n) is 14.7. The van der Waals surface area contributed by atoms with Gasteiger partial charge in [0.1, 0.15) is 0 Å². The van der Waals surface area contributed by atoms with Crippen LogP contribution in [-0.2, 0) is 16.4 Å². The molecular weight excluding hydrogens is 360 g/mol. The SMILES string of the molecule is COc1ccc(CCNS(=O)(=O)c2cc([N+](=O)[O-])ccc2C)cc1OC. The highest BCUT2D eigenvalue weighted by Crippen LogP contribution is 2.27. The van der Waals surface area contributed by atoms with E-state index in [0.717, 1.165) is 11.6 Å². The van der Waals surface area contributed by atoms with E-state index in [4.69, 9.17) is 9.47 Å². The molecule has 0 bridgehead atoms. The van der Waals surface area contributed by atoms with Crippen molar-refractivity contribution in [3.05, 3.63) is 57.6 Å². The number of benzene rings is 2. The van der Waals surface area contributed by atoms with Crippen molar-refractivity contribution in [3.8, 4) is 11.5 Å². The minimum absolute atomic E-state index is 0.0981. The molecule has 0 aliphatic carbocycles. The lowest BCUT2D eigenvalue weighted by Crippen LogP contribution is -2.26. The molecule has 0 radical (unpaired) electrons. The molecule has 0 fully saturated rings. The molecule has 0 heterocycles. The number of hydrogen-bond acceptors (Lipinski definition) is 6.